The van der Waals surface area contributed by atoms with Crippen LogP contribution in [0.5, 0.6) is 0 Å². The summed E-state index contributed by atoms with van der Waals surface area (Å²) in [6, 6.07) is 0.672. The number of rotatable bonds is 8. The Hall–Kier alpha value is -0.120. The van der Waals surface area contributed by atoms with E-state index in [1.165, 1.54) is 19.4 Å². The molecule has 1 rings (SSSR count). The first-order chi connectivity index (χ1) is 7.15. The van der Waals surface area contributed by atoms with Gasteiger partial charge in [0.05, 0.1) is 6.61 Å². The smallest absolute Gasteiger partial charge is 0.0597 e. The van der Waals surface area contributed by atoms with Crippen LogP contribution in [0.4, 0.5) is 0 Å². The largest absolute Gasteiger partial charge is 0.395 e. The van der Waals surface area contributed by atoms with E-state index in [9.17, 15) is 5.11 Å². The summed E-state index contributed by atoms with van der Waals surface area (Å²) in [6.45, 7) is 9.96. The number of nitrogens with one attached hydrogen (secondary N) is 1. The van der Waals surface area contributed by atoms with E-state index in [4.69, 9.17) is 0 Å². The van der Waals surface area contributed by atoms with Crippen LogP contribution in [-0.4, -0.2) is 48.3 Å². The van der Waals surface area contributed by atoms with E-state index in [0.717, 1.165) is 19.0 Å². The summed E-state index contributed by atoms with van der Waals surface area (Å²) in [4.78, 5) is 2.45. The summed E-state index contributed by atoms with van der Waals surface area (Å²) >= 11 is 0. The number of hydrogen-bond acceptors (Lipinski definition) is 3. The zero-order valence-corrected chi connectivity index (χ0v) is 10.4. The molecule has 1 unspecified atom stereocenters. The summed E-state index contributed by atoms with van der Waals surface area (Å²) < 4.78 is 0. The number of likely N-dealkylation sites (N-methyl/N-ethyl adjacent to an activating group) is 1. The van der Waals surface area contributed by atoms with E-state index in [-0.39, 0.29) is 12.6 Å². The Balaban J connectivity index is 2.25. The highest BCUT2D eigenvalue weighted by Gasteiger charge is 2.24. The lowest BCUT2D eigenvalue weighted by Gasteiger charge is -2.27. The van der Waals surface area contributed by atoms with Crippen molar-refractivity contribution in [2.75, 3.05) is 26.2 Å². The molecule has 0 amide bonds. The second kappa shape index (κ2) is 6.46. The van der Waals surface area contributed by atoms with Crippen molar-refractivity contribution in [3.05, 3.63) is 0 Å². The van der Waals surface area contributed by atoms with E-state index in [2.05, 4.69) is 31.0 Å². The first-order valence-electron chi connectivity index (χ1n) is 6.25. The maximum Gasteiger partial charge on any atom is 0.0597 e. The molecule has 0 aromatic heterocycles. The van der Waals surface area contributed by atoms with Crippen LogP contribution < -0.4 is 5.32 Å². The Morgan fingerprint density at radius 2 is 2.07 bits per heavy atom. The van der Waals surface area contributed by atoms with Gasteiger partial charge in [0, 0.05) is 25.2 Å². The van der Waals surface area contributed by atoms with Crippen LogP contribution in [-0.2, 0) is 0 Å². The summed E-state index contributed by atoms with van der Waals surface area (Å²) in [5, 5.41) is 12.7. The molecule has 0 bridgehead atoms. The fourth-order valence-corrected chi connectivity index (χ4v) is 1.94. The molecule has 3 nitrogen and oxygen atoms in total. The van der Waals surface area contributed by atoms with Crippen molar-refractivity contribution < 1.29 is 5.11 Å². The summed E-state index contributed by atoms with van der Waals surface area (Å²) in [5.74, 6) is 0.934. The molecule has 0 saturated heterocycles. The molecular formula is C12H26N2O. The third-order valence-electron chi connectivity index (χ3n) is 2.93. The van der Waals surface area contributed by atoms with Gasteiger partial charge in [-0.1, -0.05) is 20.8 Å². The van der Waals surface area contributed by atoms with Gasteiger partial charge in [-0.05, 0) is 25.3 Å². The molecule has 0 radical (unpaired) electrons. The summed E-state index contributed by atoms with van der Waals surface area (Å²) in [5.41, 5.74) is 0. The quantitative estimate of drug-likeness (QED) is 0.634. The van der Waals surface area contributed by atoms with Gasteiger partial charge < -0.3 is 15.3 Å². The molecule has 90 valence electrons. The average Bonchev–Trinajstić information content (AvgIpc) is 2.98. The van der Waals surface area contributed by atoms with Crippen LogP contribution in [0.25, 0.3) is 0 Å². The Morgan fingerprint density at radius 1 is 1.40 bits per heavy atom. The lowest BCUT2D eigenvalue weighted by atomic mass is 10.2. The SMILES string of the molecule is CCN(CC1CC1)CC(CO)NC(C)C. The highest BCUT2D eigenvalue weighted by Crippen LogP contribution is 2.29. The normalized spacial score (nSPS) is 18.8. The molecule has 1 aliphatic rings. The number of hydrogen-bond donors (Lipinski definition) is 2. The van der Waals surface area contributed by atoms with Crippen LogP contribution in [0, 0.1) is 5.92 Å². The molecular weight excluding hydrogens is 188 g/mol. The molecule has 2 N–H and O–H groups in total. The molecule has 1 aliphatic carbocycles. The molecule has 3 heteroatoms. The molecule has 0 heterocycles. The zero-order chi connectivity index (χ0) is 11.3. The van der Waals surface area contributed by atoms with Crippen molar-refractivity contribution in [1.29, 1.82) is 0 Å². The van der Waals surface area contributed by atoms with Gasteiger partial charge in [-0.25, -0.2) is 0 Å². The van der Waals surface area contributed by atoms with E-state index in [1.807, 2.05) is 0 Å². The number of aliphatic hydroxyl groups excluding tert-OH is 1. The Bertz CT molecular complexity index is 159. The van der Waals surface area contributed by atoms with Crippen molar-refractivity contribution in [2.45, 2.75) is 45.7 Å². The van der Waals surface area contributed by atoms with Crippen molar-refractivity contribution in [3.63, 3.8) is 0 Å². The standard InChI is InChI=1S/C12H26N2O/c1-4-14(7-11-5-6-11)8-12(9-15)13-10(2)3/h10-13,15H,4-9H2,1-3H3. The van der Waals surface area contributed by atoms with Gasteiger partial charge in [0.2, 0.25) is 0 Å². The van der Waals surface area contributed by atoms with E-state index < -0.39 is 0 Å². The second-order valence-corrected chi connectivity index (χ2v) is 5.00. The van der Waals surface area contributed by atoms with Crippen LogP contribution >= 0.6 is 0 Å². The number of nitrogens with zero attached hydrogens (tertiary/aromatic N) is 1. The molecule has 0 aliphatic heterocycles. The minimum Gasteiger partial charge on any atom is -0.395 e. The lowest BCUT2D eigenvalue weighted by molar-refractivity contribution is 0.176. The van der Waals surface area contributed by atoms with Gasteiger partial charge in [-0.3, -0.25) is 0 Å². The first-order valence-corrected chi connectivity index (χ1v) is 6.25. The topological polar surface area (TPSA) is 35.5 Å². The van der Waals surface area contributed by atoms with E-state index >= 15 is 0 Å². The average molecular weight is 214 g/mol. The predicted octanol–water partition coefficient (Wildman–Crippen LogP) is 1.08. The monoisotopic (exact) mass is 214 g/mol. The molecule has 0 aromatic carbocycles. The highest BCUT2D eigenvalue weighted by atomic mass is 16.3. The third kappa shape index (κ3) is 5.50. The summed E-state index contributed by atoms with van der Waals surface area (Å²) in [7, 11) is 0. The van der Waals surface area contributed by atoms with Gasteiger partial charge in [0.1, 0.15) is 0 Å². The van der Waals surface area contributed by atoms with E-state index in [1.54, 1.807) is 0 Å². The molecule has 1 fully saturated rings. The molecule has 0 aromatic rings. The van der Waals surface area contributed by atoms with Gasteiger partial charge in [0.25, 0.3) is 0 Å². The summed E-state index contributed by atoms with van der Waals surface area (Å²) in [6.07, 6.45) is 2.80. The molecule has 0 spiro atoms. The maximum absolute atomic E-state index is 9.28. The Kier molecular flexibility index (Phi) is 5.58. The lowest BCUT2D eigenvalue weighted by Crippen LogP contribution is -2.46. The van der Waals surface area contributed by atoms with Crippen molar-refractivity contribution in [3.8, 4) is 0 Å². The fraction of sp³-hybridized carbons (Fsp3) is 1.00. The third-order valence-corrected chi connectivity index (χ3v) is 2.93. The van der Waals surface area contributed by atoms with Gasteiger partial charge in [-0.15, -0.1) is 0 Å². The van der Waals surface area contributed by atoms with Crippen molar-refractivity contribution in [1.82, 2.24) is 10.2 Å². The van der Waals surface area contributed by atoms with Crippen LogP contribution in [0.1, 0.15) is 33.6 Å². The zero-order valence-electron chi connectivity index (χ0n) is 10.4. The second-order valence-electron chi connectivity index (χ2n) is 5.00. The Morgan fingerprint density at radius 3 is 2.47 bits per heavy atom. The fourth-order valence-electron chi connectivity index (χ4n) is 1.94. The Labute approximate surface area is 93.9 Å². The van der Waals surface area contributed by atoms with Gasteiger partial charge in [0.15, 0.2) is 0 Å². The highest BCUT2D eigenvalue weighted by molar-refractivity contribution is 4.80. The molecule has 1 atom stereocenters. The van der Waals surface area contributed by atoms with Crippen LogP contribution in [0.3, 0.4) is 0 Å². The maximum atomic E-state index is 9.28. The predicted molar refractivity (Wildman–Crippen MR) is 64.0 cm³/mol. The van der Waals surface area contributed by atoms with Gasteiger partial charge in [-0.2, -0.15) is 0 Å². The minimum absolute atomic E-state index is 0.226. The first kappa shape index (κ1) is 12.9. The molecule has 1 saturated carbocycles. The van der Waals surface area contributed by atoms with Crippen molar-refractivity contribution in [2.24, 2.45) is 5.92 Å². The molecule has 15 heavy (non-hydrogen) atoms. The van der Waals surface area contributed by atoms with Crippen molar-refractivity contribution >= 4 is 0 Å². The number of aliphatic hydroxyl groups is 1. The van der Waals surface area contributed by atoms with Gasteiger partial charge >= 0.3 is 0 Å². The van der Waals surface area contributed by atoms with E-state index in [0.29, 0.717) is 6.04 Å². The van der Waals surface area contributed by atoms with Crippen LogP contribution in [0.15, 0.2) is 0 Å². The van der Waals surface area contributed by atoms with Crippen LogP contribution in [0.2, 0.25) is 0 Å². The minimum atomic E-state index is 0.226.